The Morgan fingerprint density at radius 3 is 0.727 bits per heavy atom. The molecule has 0 aromatic carbocycles. The highest BCUT2D eigenvalue weighted by atomic mass is 31.2. The van der Waals surface area contributed by atoms with Gasteiger partial charge in [0.2, 0.25) is 0 Å². The van der Waals surface area contributed by atoms with Crippen LogP contribution in [0.2, 0.25) is 0 Å². The second-order valence-corrected chi connectivity index (χ2v) is 30.2. The molecule has 0 bridgehead atoms. The Kier molecular flexibility index (Phi) is 76.9. The Bertz CT molecular complexity index is 2800. The molecule has 0 aliphatic heterocycles. The quantitative estimate of drug-likeness (QED) is 0.0169. The fourth-order valence-corrected chi connectivity index (χ4v) is 12.2. The average molecular weight is 1580 g/mol. The number of carbonyl (C=O) groups is 4. The molecule has 5 atom stereocenters. The van der Waals surface area contributed by atoms with Crippen LogP contribution in [0.15, 0.2) is 182 Å². The van der Waals surface area contributed by atoms with E-state index in [-0.39, 0.29) is 25.7 Å². The molecular weight excluding hydrogens is 1430 g/mol. The summed E-state index contributed by atoms with van der Waals surface area (Å²) < 4.78 is 68.7. The second-order valence-electron chi connectivity index (χ2n) is 27.3. The number of unbranched alkanes of at least 4 members (excludes halogenated alkanes) is 21. The first-order valence-electron chi connectivity index (χ1n) is 42.0. The third-order valence-electron chi connectivity index (χ3n) is 16.9. The number of hydrogen-bond acceptors (Lipinski definition) is 15. The lowest BCUT2D eigenvalue weighted by Crippen LogP contribution is -2.30. The van der Waals surface area contributed by atoms with Gasteiger partial charge in [0.15, 0.2) is 12.2 Å². The third-order valence-corrected chi connectivity index (χ3v) is 18.8. The van der Waals surface area contributed by atoms with Gasteiger partial charge in [0.05, 0.1) is 26.4 Å². The first kappa shape index (κ1) is 104. The highest BCUT2D eigenvalue weighted by Crippen LogP contribution is 2.45. The molecule has 0 aromatic rings. The minimum Gasteiger partial charge on any atom is -0.462 e. The summed E-state index contributed by atoms with van der Waals surface area (Å²) in [6.45, 7) is 4.42. The molecule has 0 aromatic heterocycles. The third kappa shape index (κ3) is 80.2. The molecule has 17 nitrogen and oxygen atoms in total. The number of aliphatic hydroxyl groups excluding tert-OH is 1. The van der Waals surface area contributed by atoms with Gasteiger partial charge in [-0.25, -0.2) is 9.13 Å². The summed E-state index contributed by atoms with van der Waals surface area (Å²) in [4.78, 5) is 73.2. The monoisotopic (exact) mass is 1580 g/mol. The molecule has 0 saturated carbocycles. The Morgan fingerprint density at radius 1 is 0.264 bits per heavy atom. The number of aliphatic hydroxyl groups is 1. The fraction of sp³-hybridized carbons (Fsp3) is 0.626. The van der Waals surface area contributed by atoms with Crippen LogP contribution in [0.25, 0.3) is 0 Å². The lowest BCUT2D eigenvalue weighted by molar-refractivity contribution is -0.161. The zero-order chi connectivity index (χ0) is 80.3. The maximum atomic E-state index is 13.1. The van der Waals surface area contributed by atoms with Gasteiger partial charge >= 0.3 is 39.5 Å². The van der Waals surface area contributed by atoms with Gasteiger partial charge in [-0.3, -0.25) is 37.3 Å². The maximum Gasteiger partial charge on any atom is 0.472 e. The van der Waals surface area contributed by atoms with Gasteiger partial charge in [0.25, 0.3) is 0 Å². The number of ether oxygens (including phenoxy) is 4. The van der Waals surface area contributed by atoms with Crippen LogP contribution in [0.4, 0.5) is 0 Å². The van der Waals surface area contributed by atoms with E-state index >= 15 is 0 Å². The van der Waals surface area contributed by atoms with Crippen LogP contribution >= 0.6 is 15.6 Å². The lowest BCUT2D eigenvalue weighted by atomic mass is 10.0. The van der Waals surface area contributed by atoms with Crippen molar-refractivity contribution in [1.82, 2.24) is 0 Å². The van der Waals surface area contributed by atoms with Crippen molar-refractivity contribution >= 4 is 39.5 Å². The number of hydrogen-bond donors (Lipinski definition) is 3. The molecule has 624 valence electrons. The average Bonchev–Trinajstić information content (AvgIpc) is 0.900. The smallest absolute Gasteiger partial charge is 0.462 e. The zero-order valence-corrected chi connectivity index (χ0v) is 70.1. The summed E-state index contributed by atoms with van der Waals surface area (Å²) in [5.41, 5.74) is 0. The predicted molar refractivity (Wildman–Crippen MR) is 454 cm³/mol. The molecular formula is C91H148O17P2. The van der Waals surface area contributed by atoms with Gasteiger partial charge in [-0.2, -0.15) is 0 Å². The van der Waals surface area contributed by atoms with Gasteiger partial charge < -0.3 is 33.8 Å². The summed E-state index contributed by atoms with van der Waals surface area (Å²) in [5.74, 6) is -2.29. The largest absolute Gasteiger partial charge is 0.472 e. The van der Waals surface area contributed by atoms with E-state index in [1.54, 1.807) is 0 Å². The zero-order valence-electron chi connectivity index (χ0n) is 68.4. The van der Waals surface area contributed by atoms with Gasteiger partial charge in [-0.1, -0.05) is 306 Å². The summed E-state index contributed by atoms with van der Waals surface area (Å²) in [7, 11) is -10.0. The standard InChI is InChI=1S/C91H148O17P2/c1-5-9-13-17-21-25-29-33-36-39-42-45-48-52-55-59-63-67-71-75-88(93)101-81-86(107-90(95)77-73-69-65-61-57-51-32-28-24-20-16-12-8-4)83-105-109(97,98)103-79-85(92)80-104-110(99,100)106-84-87(108-91(96)78-74-70-66-62-58-54-50-47-44-41-38-35-31-27-23-19-15-11-7-3)82-102-89(94)76-72-68-64-60-56-53-49-46-43-40-37-34-30-26-22-18-14-10-6-2/h9-11,13-15,21-23,25-27,33-38,42-47,52-56,58,85-87,92H,5-8,12,16-20,24,28-32,39-41,48-51,57,59-84H2,1-4H3,(H,97,98)(H,99,100)/b13-9-,14-10-,15-11-,25-21-,26-22-,27-23-,36-33-,37-34-,38-35-,45-42-,46-43-,47-44-,55-52-,56-53-,58-54-. The number of phosphoric acid groups is 2. The van der Waals surface area contributed by atoms with Crippen molar-refractivity contribution in [3.8, 4) is 0 Å². The number of phosphoric ester groups is 2. The molecule has 5 unspecified atom stereocenters. The first-order valence-corrected chi connectivity index (χ1v) is 45.0. The Morgan fingerprint density at radius 2 is 0.473 bits per heavy atom. The molecule has 0 fully saturated rings. The maximum absolute atomic E-state index is 13.1. The van der Waals surface area contributed by atoms with Crippen LogP contribution in [-0.2, 0) is 65.4 Å². The molecule has 19 heteroatoms. The second kappa shape index (κ2) is 81.2. The minimum atomic E-state index is -5.01. The molecule has 110 heavy (non-hydrogen) atoms. The Balaban J connectivity index is 5.48. The van der Waals surface area contributed by atoms with Crippen LogP contribution in [0.3, 0.4) is 0 Å². The summed E-state index contributed by atoms with van der Waals surface area (Å²) in [6.07, 6.45) is 98.6. The number of esters is 4. The van der Waals surface area contributed by atoms with Gasteiger partial charge in [-0.05, 0) is 161 Å². The van der Waals surface area contributed by atoms with Crippen molar-refractivity contribution < 1.29 is 80.2 Å². The topological polar surface area (TPSA) is 237 Å². The van der Waals surface area contributed by atoms with E-state index in [9.17, 15) is 43.2 Å². The van der Waals surface area contributed by atoms with E-state index in [0.29, 0.717) is 25.7 Å². The lowest BCUT2D eigenvalue weighted by Gasteiger charge is -2.21. The molecule has 0 aliphatic rings. The summed E-state index contributed by atoms with van der Waals surface area (Å²) in [5, 5.41) is 10.7. The fourth-order valence-electron chi connectivity index (χ4n) is 10.6. The van der Waals surface area contributed by atoms with Crippen molar-refractivity contribution in [2.24, 2.45) is 0 Å². The molecule has 0 amide bonds. The normalized spacial score (nSPS) is 14.7. The summed E-state index contributed by atoms with van der Waals surface area (Å²) in [6, 6.07) is 0. The van der Waals surface area contributed by atoms with Crippen LogP contribution < -0.4 is 0 Å². The van der Waals surface area contributed by atoms with Crippen LogP contribution in [0.5, 0.6) is 0 Å². The van der Waals surface area contributed by atoms with Crippen molar-refractivity contribution in [1.29, 1.82) is 0 Å². The highest BCUT2D eigenvalue weighted by molar-refractivity contribution is 7.47. The molecule has 3 N–H and O–H groups in total. The molecule has 0 aliphatic carbocycles. The van der Waals surface area contributed by atoms with Crippen molar-refractivity contribution in [3.05, 3.63) is 182 Å². The molecule has 0 radical (unpaired) electrons. The van der Waals surface area contributed by atoms with E-state index in [4.69, 9.17) is 37.0 Å². The van der Waals surface area contributed by atoms with Crippen LogP contribution in [0.1, 0.15) is 310 Å². The Labute approximate surface area is 666 Å². The predicted octanol–water partition coefficient (Wildman–Crippen LogP) is 25.1. The van der Waals surface area contributed by atoms with Crippen LogP contribution in [-0.4, -0.2) is 96.7 Å². The summed E-state index contributed by atoms with van der Waals surface area (Å²) >= 11 is 0. The van der Waals surface area contributed by atoms with Crippen molar-refractivity contribution in [2.75, 3.05) is 39.6 Å². The van der Waals surface area contributed by atoms with Gasteiger partial charge in [-0.15, -0.1) is 0 Å². The van der Waals surface area contributed by atoms with Gasteiger partial charge in [0.1, 0.15) is 19.3 Å². The number of allylic oxidation sites excluding steroid dienone is 30. The SMILES string of the molecule is CC/C=C\C/C=C\C/C=C\C/C=C\C/C=C\CCCCCC(=O)OCC(COP(=O)(O)OCC(O)COP(=O)(O)OCC(COC(=O)CCCCC/C=C\C/C=C\C/C=C\C/C=C\C/C=C\CC)OC(=O)CCCCCCCCCCCCCCC)OC(=O)CCCCC/C=C\C/C=C\C/C=C\C/C=C\C/C=C\CC. The molecule has 0 spiro atoms. The van der Waals surface area contributed by atoms with E-state index in [1.165, 1.54) is 51.4 Å². The van der Waals surface area contributed by atoms with E-state index in [2.05, 4.69) is 210 Å². The molecule has 0 saturated heterocycles. The number of rotatable bonds is 77. The Hall–Kier alpha value is -5.84. The first-order chi connectivity index (χ1) is 53.7. The number of carbonyl (C=O) groups excluding carboxylic acids is 4. The van der Waals surface area contributed by atoms with E-state index < -0.39 is 97.5 Å². The minimum absolute atomic E-state index is 0.0407. The van der Waals surface area contributed by atoms with Crippen molar-refractivity contribution in [3.63, 3.8) is 0 Å². The highest BCUT2D eigenvalue weighted by Gasteiger charge is 2.30. The van der Waals surface area contributed by atoms with Gasteiger partial charge in [0, 0.05) is 25.7 Å². The van der Waals surface area contributed by atoms with Crippen LogP contribution in [0, 0.1) is 0 Å². The van der Waals surface area contributed by atoms with E-state index in [0.717, 1.165) is 180 Å². The molecule has 0 heterocycles. The van der Waals surface area contributed by atoms with Crippen molar-refractivity contribution in [2.45, 2.75) is 329 Å². The van der Waals surface area contributed by atoms with E-state index in [1.807, 2.05) is 0 Å². The molecule has 0 rings (SSSR count).